The molecule has 1 aromatic rings. The number of aromatic nitrogens is 2. The molecule has 2 atom stereocenters. The van der Waals surface area contributed by atoms with E-state index in [2.05, 4.69) is 10.00 Å². The molecule has 2 saturated heterocycles. The fourth-order valence-electron chi connectivity index (χ4n) is 3.78. The van der Waals surface area contributed by atoms with Crippen LogP contribution in [-0.2, 0) is 16.6 Å². The summed E-state index contributed by atoms with van der Waals surface area (Å²) in [5, 5.41) is 5.12. The van der Waals surface area contributed by atoms with E-state index in [-0.39, 0.29) is 18.0 Å². The predicted molar refractivity (Wildman–Crippen MR) is 88.5 cm³/mol. The average Bonchev–Trinajstić information content (AvgIpc) is 3.12. The number of rotatable bonds is 3. The van der Waals surface area contributed by atoms with Crippen LogP contribution in [0.3, 0.4) is 0 Å². The third-order valence-electron chi connectivity index (χ3n) is 5.00. The minimum atomic E-state index is -0.142. The Kier molecular flexibility index (Phi) is 4.94. The minimum Gasteiger partial charge on any atom is -0.378 e. The van der Waals surface area contributed by atoms with Gasteiger partial charge in [0.15, 0.2) is 0 Å². The van der Waals surface area contributed by atoms with Crippen molar-refractivity contribution >= 4 is 17.5 Å². The Labute approximate surface area is 142 Å². The fraction of sp³-hybridized carbons (Fsp3) is 0.750. The Bertz CT molecular complexity index is 583. The molecule has 3 rings (SSSR count). The van der Waals surface area contributed by atoms with E-state index in [1.54, 1.807) is 4.68 Å². The van der Waals surface area contributed by atoms with E-state index >= 15 is 0 Å². The lowest BCUT2D eigenvalue weighted by Gasteiger charge is -2.35. The summed E-state index contributed by atoms with van der Waals surface area (Å²) in [6.45, 7) is 7.57. The molecule has 128 valence electrons. The van der Waals surface area contributed by atoms with Crippen LogP contribution in [0.1, 0.15) is 37.1 Å². The summed E-state index contributed by atoms with van der Waals surface area (Å²) in [6, 6.07) is 0.0347. The summed E-state index contributed by atoms with van der Waals surface area (Å²) in [7, 11) is 1.86. The first-order chi connectivity index (χ1) is 11.0. The smallest absolute Gasteiger partial charge is 0.239 e. The SMILES string of the molecule is Cc1nn(C)c(Cl)c1[C@H]1CCCN1[C@@H](C)C(=O)N1CCOCC1. The van der Waals surface area contributed by atoms with E-state index < -0.39 is 0 Å². The first-order valence-corrected chi connectivity index (χ1v) is 8.69. The summed E-state index contributed by atoms with van der Waals surface area (Å²) in [6.07, 6.45) is 2.10. The van der Waals surface area contributed by atoms with Crippen LogP contribution >= 0.6 is 11.6 Å². The summed E-state index contributed by atoms with van der Waals surface area (Å²) in [4.78, 5) is 17.0. The number of morpholine rings is 1. The molecule has 2 fully saturated rings. The van der Waals surface area contributed by atoms with E-state index in [0.29, 0.717) is 31.5 Å². The van der Waals surface area contributed by atoms with Crippen molar-refractivity contribution in [2.24, 2.45) is 7.05 Å². The summed E-state index contributed by atoms with van der Waals surface area (Å²) in [5.74, 6) is 0.192. The molecule has 0 N–H and O–H groups in total. The van der Waals surface area contributed by atoms with Gasteiger partial charge in [0.05, 0.1) is 24.9 Å². The van der Waals surface area contributed by atoms with Crippen molar-refractivity contribution in [1.82, 2.24) is 19.6 Å². The molecule has 7 heteroatoms. The first-order valence-electron chi connectivity index (χ1n) is 8.32. The van der Waals surface area contributed by atoms with E-state index in [9.17, 15) is 4.79 Å². The average molecular weight is 341 g/mol. The Morgan fingerprint density at radius 3 is 2.65 bits per heavy atom. The number of ether oxygens (including phenoxy) is 1. The quantitative estimate of drug-likeness (QED) is 0.841. The van der Waals surface area contributed by atoms with Crippen molar-refractivity contribution in [1.29, 1.82) is 0 Å². The molecule has 23 heavy (non-hydrogen) atoms. The third-order valence-corrected chi connectivity index (χ3v) is 5.45. The van der Waals surface area contributed by atoms with Gasteiger partial charge in [0.2, 0.25) is 5.91 Å². The number of hydrogen-bond acceptors (Lipinski definition) is 4. The van der Waals surface area contributed by atoms with E-state index in [1.807, 2.05) is 25.8 Å². The second-order valence-electron chi connectivity index (χ2n) is 6.42. The molecule has 0 spiro atoms. The summed E-state index contributed by atoms with van der Waals surface area (Å²) < 4.78 is 7.06. The zero-order chi connectivity index (χ0) is 16.6. The molecular formula is C16H25ClN4O2. The van der Waals surface area contributed by atoms with E-state index in [1.165, 1.54) is 0 Å². The summed E-state index contributed by atoms with van der Waals surface area (Å²) >= 11 is 6.45. The topological polar surface area (TPSA) is 50.6 Å². The van der Waals surface area contributed by atoms with Gasteiger partial charge in [-0.3, -0.25) is 14.4 Å². The Morgan fingerprint density at radius 1 is 1.35 bits per heavy atom. The fourth-order valence-corrected chi connectivity index (χ4v) is 4.08. The normalized spacial score (nSPS) is 24.2. The molecule has 1 amide bonds. The Balaban J connectivity index is 1.79. The lowest BCUT2D eigenvalue weighted by atomic mass is 10.0. The van der Waals surface area contributed by atoms with Crippen molar-refractivity contribution in [3.63, 3.8) is 0 Å². The lowest BCUT2D eigenvalue weighted by molar-refractivity contribution is -0.140. The number of nitrogens with zero attached hydrogens (tertiary/aromatic N) is 4. The maximum atomic E-state index is 12.8. The van der Waals surface area contributed by atoms with Crippen molar-refractivity contribution < 1.29 is 9.53 Å². The largest absolute Gasteiger partial charge is 0.378 e. The Hall–Kier alpha value is -1.11. The van der Waals surface area contributed by atoms with Gasteiger partial charge >= 0.3 is 0 Å². The highest BCUT2D eigenvalue weighted by Gasteiger charge is 2.37. The molecule has 0 aliphatic carbocycles. The molecule has 0 aromatic carbocycles. The van der Waals surface area contributed by atoms with Gasteiger partial charge in [-0.2, -0.15) is 5.10 Å². The maximum absolute atomic E-state index is 12.8. The molecule has 0 saturated carbocycles. The predicted octanol–water partition coefficient (Wildman–Crippen LogP) is 1.77. The van der Waals surface area contributed by atoms with Crippen LogP contribution in [0.5, 0.6) is 0 Å². The van der Waals surface area contributed by atoms with Gasteiger partial charge in [0.1, 0.15) is 5.15 Å². The lowest BCUT2D eigenvalue weighted by Crippen LogP contribution is -2.50. The van der Waals surface area contributed by atoms with Crippen molar-refractivity contribution in [3.8, 4) is 0 Å². The zero-order valence-corrected chi connectivity index (χ0v) is 14.8. The highest BCUT2D eigenvalue weighted by atomic mass is 35.5. The van der Waals surface area contributed by atoms with Crippen molar-refractivity contribution in [3.05, 3.63) is 16.4 Å². The van der Waals surface area contributed by atoms with Crippen LogP contribution < -0.4 is 0 Å². The molecule has 3 heterocycles. The van der Waals surface area contributed by atoms with Gasteiger partial charge in [0.25, 0.3) is 0 Å². The van der Waals surface area contributed by atoms with Gasteiger partial charge < -0.3 is 9.64 Å². The van der Waals surface area contributed by atoms with E-state index in [4.69, 9.17) is 16.3 Å². The van der Waals surface area contributed by atoms with Crippen LogP contribution in [0.4, 0.5) is 0 Å². The van der Waals surface area contributed by atoms with Crippen LogP contribution in [0.2, 0.25) is 5.15 Å². The number of halogens is 1. The van der Waals surface area contributed by atoms with Crippen molar-refractivity contribution in [2.45, 2.75) is 38.8 Å². The Morgan fingerprint density at radius 2 is 2.04 bits per heavy atom. The molecule has 6 nitrogen and oxygen atoms in total. The molecule has 2 aliphatic rings. The van der Waals surface area contributed by atoms with Crippen LogP contribution in [-0.4, -0.2) is 64.4 Å². The number of amides is 1. The summed E-state index contributed by atoms with van der Waals surface area (Å²) in [5.41, 5.74) is 2.04. The molecule has 2 aliphatic heterocycles. The third kappa shape index (κ3) is 3.12. The molecule has 0 radical (unpaired) electrons. The highest BCUT2D eigenvalue weighted by molar-refractivity contribution is 6.30. The standard InChI is InChI=1S/C16H25ClN4O2/c1-11-14(15(17)19(3)18-11)13-5-4-6-21(13)12(2)16(22)20-7-9-23-10-8-20/h12-13H,4-10H2,1-3H3/t12-,13+/m0/s1. The zero-order valence-electron chi connectivity index (χ0n) is 14.1. The van der Waals surface area contributed by atoms with Crippen LogP contribution in [0, 0.1) is 6.92 Å². The van der Waals surface area contributed by atoms with Gasteiger partial charge in [-0.25, -0.2) is 0 Å². The molecule has 0 unspecified atom stereocenters. The van der Waals surface area contributed by atoms with Gasteiger partial charge in [0, 0.05) is 31.7 Å². The number of likely N-dealkylation sites (tertiary alicyclic amines) is 1. The number of carbonyl (C=O) groups excluding carboxylic acids is 1. The molecular weight excluding hydrogens is 316 g/mol. The number of carbonyl (C=O) groups is 1. The number of aryl methyl sites for hydroxylation is 2. The van der Waals surface area contributed by atoms with Gasteiger partial charge in [-0.1, -0.05) is 11.6 Å². The maximum Gasteiger partial charge on any atom is 0.239 e. The monoisotopic (exact) mass is 340 g/mol. The molecule has 0 bridgehead atoms. The molecule has 1 aromatic heterocycles. The van der Waals surface area contributed by atoms with Crippen molar-refractivity contribution in [2.75, 3.05) is 32.8 Å². The van der Waals surface area contributed by atoms with Gasteiger partial charge in [-0.15, -0.1) is 0 Å². The first kappa shape index (κ1) is 16.7. The second kappa shape index (κ2) is 6.79. The van der Waals surface area contributed by atoms with Crippen LogP contribution in [0.15, 0.2) is 0 Å². The second-order valence-corrected chi connectivity index (χ2v) is 6.78. The van der Waals surface area contributed by atoms with Crippen LogP contribution in [0.25, 0.3) is 0 Å². The number of hydrogen-bond donors (Lipinski definition) is 0. The minimum absolute atomic E-state index is 0.142. The highest BCUT2D eigenvalue weighted by Crippen LogP contribution is 2.38. The van der Waals surface area contributed by atoms with E-state index in [0.717, 1.165) is 30.6 Å². The van der Waals surface area contributed by atoms with Gasteiger partial charge in [-0.05, 0) is 33.2 Å².